The number of hydrogen-bond acceptors (Lipinski definition) is 7. The van der Waals surface area contributed by atoms with Gasteiger partial charge in [0.2, 0.25) is 0 Å². The van der Waals surface area contributed by atoms with Gasteiger partial charge in [-0.2, -0.15) is 0 Å². The zero-order valence-electron chi connectivity index (χ0n) is 20.7. The predicted molar refractivity (Wildman–Crippen MR) is 137 cm³/mol. The Hall–Kier alpha value is -3.07. The van der Waals surface area contributed by atoms with Crippen molar-refractivity contribution in [3.63, 3.8) is 0 Å². The van der Waals surface area contributed by atoms with E-state index in [1.165, 1.54) is 12.5 Å². The van der Waals surface area contributed by atoms with E-state index < -0.39 is 12.1 Å². The number of benzene rings is 3. The molecule has 3 aromatic rings. The van der Waals surface area contributed by atoms with Gasteiger partial charge in [0.25, 0.3) is 0 Å². The van der Waals surface area contributed by atoms with Crippen LogP contribution in [0.1, 0.15) is 40.8 Å². The van der Waals surface area contributed by atoms with Crippen molar-refractivity contribution in [2.75, 3.05) is 26.3 Å². The fraction of sp³-hybridized carbons (Fsp3) is 0.345. The smallest absolute Gasteiger partial charge is 0.308 e. The number of rotatable bonds is 15. The number of esters is 1. The van der Waals surface area contributed by atoms with E-state index in [2.05, 4.69) is 29.6 Å². The number of aliphatic hydroxyl groups excluding tert-OH is 2. The van der Waals surface area contributed by atoms with Crippen LogP contribution in [0.2, 0.25) is 0 Å². The molecule has 3 N–H and O–H groups in total. The van der Waals surface area contributed by atoms with Crippen molar-refractivity contribution in [3.05, 3.63) is 101 Å². The molecule has 7 heteroatoms. The summed E-state index contributed by atoms with van der Waals surface area (Å²) in [6.07, 6.45) is 0.0898. The highest BCUT2D eigenvalue weighted by Gasteiger charge is 2.12. The van der Waals surface area contributed by atoms with E-state index in [1.807, 2.05) is 30.3 Å². The number of hydrogen-bond donors (Lipinski definition) is 3. The van der Waals surface area contributed by atoms with Crippen LogP contribution in [0.4, 0.5) is 0 Å². The SMILES string of the molecule is CC(=O)Oc1ccc([C@@H](O)CNCCc2ccc(COCCOCc3ccccc3)cc2)cc1CO. The molecule has 0 aliphatic carbocycles. The molecule has 0 aliphatic heterocycles. The van der Waals surface area contributed by atoms with Gasteiger partial charge in [-0.1, -0.05) is 60.7 Å². The predicted octanol–water partition coefficient (Wildman–Crippen LogP) is 3.70. The quantitative estimate of drug-likeness (QED) is 0.169. The lowest BCUT2D eigenvalue weighted by molar-refractivity contribution is -0.131. The Morgan fingerprint density at radius 3 is 2.17 bits per heavy atom. The number of nitrogens with one attached hydrogen (secondary N) is 1. The summed E-state index contributed by atoms with van der Waals surface area (Å²) in [6.45, 7) is 4.36. The maximum atomic E-state index is 11.2. The van der Waals surface area contributed by atoms with E-state index >= 15 is 0 Å². The third-order valence-corrected chi connectivity index (χ3v) is 5.60. The van der Waals surface area contributed by atoms with Crippen molar-refractivity contribution in [1.82, 2.24) is 5.32 Å². The lowest BCUT2D eigenvalue weighted by Gasteiger charge is -2.15. The van der Waals surface area contributed by atoms with Crippen molar-refractivity contribution in [2.45, 2.75) is 39.3 Å². The van der Waals surface area contributed by atoms with Crippen LogP contribution in [-0.4, -0.2) is 42.5 Å². The van der Waals surface area contributed by atoms with Gasteiger partial charge in [-0.3, -0.25) is 4.79 Å². The highest BCUT2D eigenvalue weighted by molar-refractivity contribution is 5.69. The number of ether oxygens (including phenoxy) is 3. The molecule has 0 saturated heterocycles. The molecule has 0 heterocycles. The molecule has 0 amide bonds. The summed E-state index contributed by atoms with van der Waals surface area (Å²) in [5.41, 5.74) is 4.58. The largest absolute Gasteiger partial charge is 0.426 e. The number of aliphatic hydroxyl groups is 2. The lowest BCUT2D eigenvalue weighted by atomic mass is 10.0. The van der Waals surface area contributed by atoms with Crippen molar-refractivity contribution in [1.29, 1.82) is 0 Å². The van der Waals surface area contributed by atoms with Gasteiger partial charge < -0.3 is 29.7 Å². The fourth-order valence-corrected chi connectivity index (χ4v) is 3.65. The van der Waals surface area contributed by atoms with Crippen LogP contribution in [0.25, 0.3) is 0 Å². The summed E-state index contributed by atoms with van der Waals surface area (Å²) in [4.78, 5) is 11.2. The molecule has 0 aromatic heterocycles. The van der Waals surface area contributed by atoms with E-state index in [0.717, 1.165) is 17.5 Å². The Morgan fingerprint density at radius 2 is 1.53 bits per heavy atom. The summed E-state index contributed by atoms with van der Waals surface area (Å²) in [7, 11) is 0. The molecule has 0 radical (unpaired) electrons. The molecule has 0 bridgehead atoms. The number of carbonyl (C=O) groups is 1. The second-order valence-corrected chi connectivity index (χ2v) is 8.50. The average molecular weight is 494 g/mol. The van der Waals surface area contributed by atoms with Crippen LogP contribution < -0.4 is 10.1 Å². The van der Waals surface area contributed by atoms with Gasteiger partial charge >= 0.3 is 5.97 Å². The third-order valence-electron chi connectivity index (χ3n) is 5.60. The molecule has 0 spiro atoms. The van der Waals surface area contributed by atoms with Crippen LogP contribution in [0.5, 0.6) is 5.75 Å². The van der Waals surface area contributed by atoms with Crippen LogP contribution in [0.15, 0.2) is 72.8 Å². The highest BCUT2D eigenvalue weighted by Crippen LogP contribution is 2.24. The Kier molecular flexibility index (Phi) is 11.6. The molecular formula is C29H35NO6. The van der Waals surface area contributed by atoms with Crippen molar-refractivity contribution < 1.29 is 29.2 Å². The first kappa shape index (κ1) is 27.5. The van der Waals surface area contributed by atoms with Gasteiger partial charge in [-0.25, -0.2) is 0 Å². The van der Waals surface area contributed by atoms with Gasteiger partial charge in [0.1, 0.15) is 5.75 Å². The second-order valence-electron chi connectivity index (χ2n) is 8.50. The van der Waals surface area contributed by atoms with E-state index in [9.17, 15) is 15.0 Å². The minimum Gasteiger partial charge on any atom is -0.426 e. The van der Waals surface area contributed by atoms with Gasteiger partial charge in [0.15, 0.2) is 0 Å². The van der Waals surface area contributed by atoms with Gasteiger partial charge in [-0.05, 0) is 47.4 Å². The lowest BCUT2D eigenvalue weighted by Crippen LogP contribution is -2.24. The first-order valence-corrected chi connectivity index (χ1v) is 12.1. The Morgan fingerprint density at radius 1 is 0.889 bits per heavy atom. The fourth-order valence-electron chi connectivity index (χ4n) is 3.65. The monoisotopic (exact) mass is 493 g/mol. The highest BCUT2D eigenvalue weighted by atomic mass is 16.5. The van der Waals surface area contributed by atoms with E-state index in [1.54, 1.807) is 18.2 Å². The van der Waals surface area contributed by atoms with Crippen LogP contribution in [0.3, 0.4) is 0 Å². The first-order chi connectivity index (χ1) is 17.5. The minimum absolute atomic E-state index is 0.278. The molecule has 3 aromatic carbocycles. The summed E-state index contributed by atoms with van der Waals surface area (Å²) in [5.74, 6) is -0.150. The molecule has 0 unspecified atom stereocenters. The topological polar surface area (TPSA) is 97.3 Å². The Bertz CT molecular complexity index is 1060. The van der Waals surface area contributed by atoms with Crippen molar-refractivity contribution in [2.24, 2.45) is 0 Å². The second kappa shape index (κ2) is 15.1. The molecule has 0 saturated carbocycles. The zero-order valence-corrected chi connectivity index (χ0v) is 20.7. The molecule has 0 aliphatic rings. The Labute approximate surface area is 212 Å². The van der Waals surface area contributed by atoms with Crippen LogP contribution in [0, 0.1) is 0 Å². The van der Waals surface area contributed by atoms with E-state index in [-0.39, 0.29) is 6.61 Å². The summed E-state index contributed by atoms with van der Waals surface area (Å²) in [5, 5.41) is 23.2. The molecule has 36 heavy (non-hydrogen) atoms. The van der Waals surface area contributed by atoms with Crippen molar-refractivity contribution in [3.8, 4) is 5.75 Å². The maximum absolute atomic E-state index is 11.2. The van der Waals surface area contributed by atoms with Crippen LogP contribution >= 0.6 is 0 Å². The number of carbonyl (C=O) groups excluding carboxylic acids is 1. The van der Waals surface area contributed by atoms with Gasteiger partial charge in [-0.15, -0.1) is 0 Å². The van der Waals surface area contributed by atoms with E-state index in [4.69, 9.17) is 14.2 Å². The van der Waals surface area contributed by atoms with Gasteiger partial charge in [0, 0.05) is 19.0 Å². The minimum atomic E-state index is -0.738. The first-order valence-electron chi connectivity index (χ1n) is 12.1. The normalized spacial score (nSPS) is 11.9. The summed E-state index contributed by atoms with van der Waals surface area (Å²) >= 11 is 0. The van der Waals surface area contributed by atoms with Crippen molar-refractivity contribution >= 4 is 5.97 Å². The maximum Gasteiger partial charge on any atom is 0.308 e. The third kappa shape index (κ3) is 9.53. The summed E-state index contributed by atoms with van der Waals surface area (Å²) < 4.78 is 16.4. The molecular weight excluding hydrogens is 458 g/mol. The molecule has 7 nitrogen and oxygen atoms in total. The molecule has 3 rings (SSSR count). The van der Waals surface area contributed by atoms with E-state index in [0.29, 0.717) is 56.4 Å². The standard InChI is InChI=1S/C29H35NO6/c1-22(32)36-29-12-11-26(17-27(29)19-31)28(33)18-30-14-13-23-7-9-25(10-8-23)21-35-16-15-34-20-24-5-3-2-4-6-24/h2-12,17,28,30-31,33H,13-16,18-21H2,1H3/t28-/m0/s1. The van der Waals surface area contributed by atoms with Crippen LogP contribution in [-0.2, 0) is 40.5 Å². The zero-order chi connectivity index (χ0) is 25.6. The molecule has 1 atom stereocenters. The summed E-state index contributed by atoms with van der Waals surface area (Å²) in [6, 6.07) is 23.3. The Balaban J connectivity index is 1.30. The molecule has 0 fully saturated rings. The van der Waals surface area contributed by atoms with Gasteiger partial charge in [0.05, 0.1) is 39.1 Å². The average Bonchev–Trinajstić information content (AvgIpc) is 2.89. The molecule has 192 valence electrons.